The van der Waals surface area contributed by atoms with E-state index in [1.807, 2.05) is 0 Å². The van der Waals surface area contributed by atoms with Crippen molar-refractivity contribution in [1.29, 1.82) is 0 Å². The van der Waals surface area contributed by atoms with Crippen LogP contribution in [0.4, 0.5) is 0 Å². The molecule has 1 rings (SSSR count). The Morgan fingerprint density at radius 1 is 1.73 bits per heavy atom. The minimum atomic E-state index is 0.102. The van der Waals surface area contributed by atoms with Crippen LogP contribution in [0, 0.1) is 11.3 Å². The predicted octanol–water partition coefficient (Wildman–Crippen LogP) is 0.987. The van der Waals surface area contributed by atoms with Crippen LogP contribution in [0.3, 0.4) is 0 Å². The Labute approximate surface area is 67.7 Å². The van der Waals surface area contributed by atoms with Crippen LogP contribution in [0.5, 0.6) is 0 Å². The van der Waals surface area contributed by atoms with Crippen LogP contribution >= 0.6 is 0 Å². The summed E-state index contributed by atoms with van der Waals surface area (Å²) >= 11 is 0. The number of hydrogen-bond acceptors (Lipinski definition) is 2. The van der Waals surface area contributed by atoms with Gasteiger partial charge >= 0.3 is 0 Å². The van der Waals surface area contributed by atoms with Crippen LogP contribution in [0.15, 0.2) is 12.7 Å². The molecule has 0 aliphatic carbocycles. The second-order valence-corrected chi connectivity index (χ2v) is 3.78. The highest BCUT2D eigenvalue weighted by molar-refractivity contribution is 5.92. The molecule has 0 spiro atoms. The van der Waals surface area contributed by atoms with Crippen molar-refractivity contribution >= 4 is 5.78 Å². The van der Waals surface area contributed by atoms with Gasteiger partial charge in [0.25, 0.3) is 0 Å². The van der Waals surface area contributed by atoms with Crippen LogP contribution < -0.4 is 5.32 Å². The van der Waals surface area contributed by atoms with Crippen LogP contribution in [0.1, 0.15) is 13.8 Å². The zero-order chi connectivity index (χ0) is 8.48. The summed E-state index contributed by atoms with van der Waals surface area (Å²) in [6, 6.07) is 0. The molecule has 2 nitrogen and oxygen atoms in total. The molecule has 0 saturated carbocycles. The molecule has 1 atom stereocenters. The lowest BCUT2D eigenvalue weighted by Crippen LogP contribution is -2.28. The summed E-state index contributed by atoms with van der Waals surface area (Å²) in [5.74, 6) is 0.292. The van der Waals surface area contributed by atoms with Crippen molar-refractivity contribution in [2.24, 2.45) is 11.3 Å². The van der Waals surface area contributed by atoms with Gasteiger partial charge in [-0.05, 0) is 11.5 Å². The van der Waals surface area contributed by atoms with E-state index < -0.39 is 0 Å². The van der Waals surface area contributed by atoms with Crippen LogP contribution in [0.2, 0.25) is 0 Å². The molecular weight excluding hydrogens is 138 g/mol. The fourth-order valence-electron chi connectivity index (χ4n) is 1.57. The Bertz CT molecular complexity index is 184. The Balaban J connectivity index is 2.72. The standard InChI is InChI=1S/C9H15NO/c1-4-8(11)7-5-10-6-9(7,2)3/h4,7,10H,1,5-6H2,2-3H3. The molecule has 1 aliphatic heterocycles. The number of hydrogen-bond donors (Lipinski definition) is 1. The highest BCUT2D eigenvalue weighted by Crippen LogP contribution is 2.30. The van der Waals surface area contributed by atoms with E-state index in [1.165, 1.54) is 6.08 Å². The molecule has 0 aromatic heterocycles. The van der Waals surface area contributed by atoms with Gasteiger partial charge < -0.3 is 5.32 Å². The molecule has 1 heterocycles. The van der Waals surface area contributed by atoms with Crippen LogP contribution in [-0.2, 0) is 4.79 Å². The Morgan fingerprint density at radius 3 is 2.73 bits per heavy atom. The van der Waals surface area contributed by atoms with Crippen molar-refractivity contribution in [2.45, 2.75) is 13.8 Å². The molecule has 1 aliphatic rings. The van der Waals surface area contributed by atoms with E-state index >= 15 is 0 Å². The lowest BCUT2D eigenvalue weighted by atomic mass is 9.79. The van der Waals surface area contributed by atoms with Crippen molar-refractivity contribution in [1.82, 2.24) is 5.32 Å². The number of allylic oxidation sites excluding steroid dienone is 1. The highest BCUT2D eigenvalue weighted by Gasteiger charge is 2.37. The van der Waals surface area contributed by atoms with E-state index in [9.17, 15) is 4.79 Å². The van der Waals surface area contributed by atoms with E-state index in [0.29, 0.717) is 0 Å². The lowest BCUT2D eigenvalue weighted by molar-refractivity contribution is -0.119. The number of ketones is 1. The fourth-order valence-corrected chi connectivity index (χ4v) is 1.57. The first-order valence-corrected chi connectivity index (χ1v) is 3.95. The number of rotatable bonds is 2. The van der Waals surface area contributed by atoms with E-state index in [-0.39, 0.29) is 17.1 Å². The summed E-state index contributed by atoms with van der Waals surface area (Å²) in [7, 11) is 0. The maximum absolute atomic E-state index is 11.3. The van der Waals surface area contributed by atoms with Crippen LogP contribution in [-0.4, -0.2) is 18.9 Å². The zero-order valence-electron chi connectivity index (χ0n) is 7.18. The van der Waals surface area contributed by atoms with Gasteiger partial charge in [-0.1, -0.05) is 20.4 Å². The predicted molar refractivity (Wildman–Crippen MR) is 45.3 cm³/mol. The monoisotopic (exact) mass is 153 g/mol. The summed E-state index contributed by atoms with van der Waals surface area (Å²) in [6.07, 6.45) is 1.43. The van der Waals surface area contributed by atoms with Gasteiger partial charge in [-0.25, -0.2) is 0 Å². The Kier molecular flexibility index (Phi) is 2.14. The third-order valence-corrected chi connectivity index (χ3v) is 2.42. The summed E-state index contributed by atoms with van der Waals surface area (Å²) in [6.45, 7) is 9.45. The molecule has 0 amide bonds. The first kappa shape index (κ1) is 8.47. The SMILES string of the molecule is C=CC(=O)C1CNCC1(C)C. The minimum absolute atomic E-state index is 0.102. The first-order chi connectivity index (χ1) is 5.08. The number of carbonyl (C=O) groups excluding carboxylic acids is 1. The third-order valence-electron chi connectivity index (χ3n) is 2.42. The van der Waals surface area contributed by atoms with Crippen molar-refractivity contribution in [3.63, 3.8) is 0 Å². The topological polar surface area (TPSA) is 29.1 Å². The second-order valence-electron chi connectivity index (χ2n) is 3.78. The smallest absolute Gasteiger partial charge is 0.160 e. The van der Waals surface area contributed by atoms with Gasteiger partial charge in [0.05, 0.1) is 0 Å². The van der Waals surface area contributed by atoms with Gasteiger partial charge in [0, 0.05) is 19.0 Å². The summed E-state index contributed by atoms with van der Waals surface area (Å²) in [5, 5.41) is 3.21. The van der Waals surface area contributed by atoms with E-state index in [0.717, 1.165) is 13.1 Å². The summed E-state index contributed by atoms with van der Waals surface area (Å²) in [4.78, 5) is 11.3. The normalized spacial score (nSPS) is 28.4. The van der Waals surface area contributed by atoms with Crippen molar-refractivity contribution in [2.75, 3.05) is 13.1 Å². The van der Waals surface area contributed by atoms with E-state index in [1.54, 1.807) is 0 Å². The molecule has 0 aromatic carbocycles. The molecule has 2 heteroatoms. The molecule has 11 heavy (non-hydrogen) atoms. The van der Waals surface area contributed by atoms with Gasteiger partial charge in [-0.2, -0.15) is 0 Å². The minimum Gasteiger partial charge on any atom is -0.315 e. The van der Waals surface area contributed by atoms with Gasteiger partial charge in [0.15, 0.2) is 5.78 Å². The molecule has 0 bridgehead atoms. The maximum Gasteiger partial charge on any atom is 0.160 e. The van der Waals surface area contributed by atoms with Gasteiger partial charge in [-0.15, -0.1) is 0 Å². The highest BCUT2D eigenvalue weighted by atomic mass is 16.1. The lowest BCUT2D eigenvalue weighted by Gasteiger charge is -2.22. The second kappa shape index (κ2) is 2.78. The molecule has 1 unspecified atom stereocenters. The Hall–Kier alpha value is -0.630. The number of nitrogens with one attached hydrogen (secondary N) is 1. The fraction of sp³-hybridized carbons (Fsp3) is 0.667. The summed E-state index contributed by atoms with van der Waals surface area (Å²) < 4.78 is 0. The van der Waals surface area contributed by atoms with Gasteiger partial charge in [0.1, 0.15) is 0 Å². The van der Waals surface area contributed by atoms with E-state index in [2.05, 4.69) is 25.7 Å². The van der Waals surface area contributed by atoms with Crippen LogP contribution in [0.25, 0.3) is 0 Å². The maximum atomic E-state index is 11.3. The molecule has 1 fully saturated rings. The average molecular weight is 153 g/mol. The first-order valence-electron chi connectivity index (χ1n) is 3.95. The van der Waals surface area contributed by atoms with Crippen molar-refractivity contribution in [3.8, 4) is 0 Å². The largest absolute Gasteiger partial charge is 0.315 e. The van der Waals surface area contributed by atoms with Crippen molar-refractivity contribution in [3.05, 3.63) is 12.7 Å². The summed E-state index contributed by atoms with van der Waals surface area (Å²) in [5.41, 5.74) is 0.102. The molecule has 1 saturated heterocycles. The van der Waals surface area contributed by atoms with Gasteiger partial charge in [0.2, 0.25) is 0 Å². The third kappa shape index (κ3) is 1.51. The molecular formula is C9H15NO. The van der Waals surface area contributed by atoms with Crippen molar-refractivity contribution < 1.29 is 4.79 Å². The molecule has 1 N–H and O–H groups in total. The molecule has 62 valence electrons. The molecule has 0 radical (unpaired) electrons. The average Bonchev–Trinajstić information content (AvgIpc) is 2.28. The number of carbonyl (C=O) groups is 1. The Morgan fingerprint density at radius 2 is 2.36 bits per heavy atom. The van der Waals surface area contributed by atoms with Gasteiger partial charge in [-0.3, -0.25) is 4.79 Å². The zero-order valence-corrected chi connectivity index (χ0v) is 7.18. The quantitative estimate of drug-likeness (QED) is 0.599. The van der Waals surface area contributed by atoms with E-state index in [4.69, 9.17) is 0 Å². The molecule has 0 aromatic rings.